The first-order valence-electron chi connectivity index (χ1n) is 6.75. The van der Waals surface area contributed by atoms with E-state index in [1.165, 1.54) is 0 Å². The maximum Gasteiger partial charge on any atom is 0.241 e. The number of benzene rings is 1. The van der Waals surface area contributed by atoms with Crippen molar-refractivity contribution in [1.29, 1.82) is 0 Å². The van der Waals surface area contributed by atoms with Crippen molar-refractivity contribution in [2.45, 2.75) is 31.8 Å². The van der Waals surface area contributed by atoms with Crippen molar-refractivity contribution in [3.63, 3.8) is 0 Å². The summed E-state index contributed by atoms with van der Waals surface area (Å²) in [6.07, 6.45) is 2.17. The Hall–Kier alpha value is -1.30. The lowest BCUT2D eigenvalue weighted by Crippen LogP contribution is -2.44. The molecule has 0 spiro atoms. The van der Waals surface area contributed by atoms with Gasteiger partial charge >= 0.3 is 0 Å². The number of carbonyl (C=O) groups excluding carboxylic acids is 1. The van der Waals surface area contributed by atoms with E-state index in [-0.39, 0.29) is 18.6 Å². The second kappa shape index (κ2) is 6.43. The Kier molecular flexibility index (Phi) is 4.86. The van der Waals surface area contributed by atoms with Crippen molar-refractivity contribution in [3.8, 4) is 0 Å². The minimum absolute atomic E-state index is 0.0528. The summed E-state index contributed by atoms with van der Waals surface area (Å²) < 4.78 is 0. The van der Waals surface area contributed by atoms with Gasteiger partial charge in [0.25, 0.3) is 0 Å². The second-order valence-electron chi connectivity index (χ2n) is 5.09. The number of nitrogens with zero attached hydrogens (tertiary/aromatic N) is 1. The molecule has 2 rings (SSSR count). The van der Waals surface area contributed by atoms with Crippen molar-refractivity contribution in [2.24, 2.45) is 0 Å². The second-order valence-corrected chi connectivity index (χ2v) is 5.53. The third-order valence-corrected chi connectivity index (χ3v) is 3.76. The average molecular weight is 298 g/mol. The molecule has 1 aromatic rings. The molecule has 4 N–H and O–H groups in total. The fourth-order valence-corrected chi connectivity index (χ4v) is 2.43. The van der Waals surface area contributed by atoms with Gasteiger partial charge in [0.1, 0.15) is 0 Å². The number of hydrogen-bond acceptors (Lipinski definition) is 4. The van der Waals surface area contributed by atoms with Gasteiger partial charge in [-0.1, -0.05) is 11.6 Å². The van der Waals surface area contributed by atoms with Gasteiger partial charge < -0.3 is 16.2 Å². The number of aliphatic hydroxyl groups is 1. The van der Waals surface area contributed by atoms with Crippen LogP contribution in [0.5, 0.6) is 0 Å². The third-order valence-electron chi connectivity index (χ3n) is 3.52. The van der Waals surface area contributed by atoms with Gasteiger partial charge in [0, 0.05) is 17.6 Å². The van der Waals surface area contributed by atoms with Crippen LogP contribution >= 0.6 is 11.6 Å². The van der Waals surface area contributed by atoms with Crippen LogP contribution in [0, 0.1) is 0 Å². The fourth-order valence-electron chi connectivity index (χ4n) is 2.25. The summed E-state index contributed by atoms with van der Waals surface area (Å²) in [7, 11) is 0. The van der Waals surface area contributed by atoms with E-state index in [4.69, 9.17) is 22.4 Å². The molecule has 1 fully saturated rings. The van der Waals surface area contributed by atoms with Crippen LogP contribution in [-0.2, 0) is 4.79 Å². The molecule has 0 aliphatic heterocycles. The minimum atomic E-state index is -0.301. The molecule has 0 radical (unpaired) electrons. The van der Waals surface area contributed by atoms with Gasteiger partial charge in [0.15, 0.2) is 0 Å². The summed E-state index contributed by atoms with van der Waals surface area (Å²) in [5, 5.41) is 12.4. The highest BCUT2D eigenvalue weighted by atomic mass is 35.5. The number of nitrogens with two attached hydrogens (primary N) is 1. The van der Waals surface area contributed by atoms with Crippen molar-refractivity contribution in [2.75, 3.05) is 24.2 Å². The molecule has 1 unspecified atom stereocenters. The van der Waals surface area contributed by atoms with Gasteiger partial charge in [-0.25, -0.2) is 0 Å². The van der Waals surface area contributed by atoms with Crippen molar-refractivity contribution in [1.82, 2.24) is 4.90 Å². The van der Waals surface area contributed by atoms with E-state index < -0.39 is 0 Å². The Balaban J connectivity index is 2.02. The van der Waals surface area contributed by atoms with E-state index in [0.717, 1.165) is 12.8 Å². The van der Waals surface area contributed by atoms with Gasteiger partial charge in [-0.2, -0.15) is 0 Å². The molecule has 20 heavy (non-hydrogen) atoms. The SMILES string of the molecule is CC(C(=O)Nc1ccc(Cl)cc1N)N(CCO)C1CC1. The number of carbonyl (C=O) groups is 1. The normalized spacial score (nSPS) is 16.2. The van der Waals surface area contributed by atoms with Crippen LogP contribution in [0.15, 0.2) is 18.2 Å². The Labute approximate surface area is 123 Å². The highest BCUT2D eigenvalue weighted by Crippen LogP contribution is 2.29. The van der Waals surface area contributed by atoms with Crippen molar-refractivity contribution in [3.05, 3.63) is 23.2 Å². The molecule has 6 heteroatoms. The molecule has 1 saturated carbocycles. The Morgan fingerprint density at radius 3 is 2.85 bits per heavy atom. The molecule has 1 atom stereocenters. The molecule has 0 saturated heterocycles. The topological polar surface area (TPSA) is 78.6 Å². The largest absolute Gasteiger partial charge is 0.397 e. The first-order valence-corrected chi connectivity index (χ1v) is 7.13. The number of rotatable bonds is 6. The zero-order chi connectivity index (χ0) is 14.7. The molecule has 0 aromatic heterocycles. The summed E-state index contributed by atoms with van der Waals surface area (Å²) in [6, 6.07) is 5.09. The van der Waals surface area contributed by atoms with Crippen LogP contribution in [-0.4, -0.2) is 41.1 Å². The zero-order valence-corrected chi connectivity index (χ0v) is 12.2. The van der Waals surface area contributed by atoms with Gasteiger partial charge in [-0.05, 0) is 38.0 Å². The lowest BCUT2D eigenvalue weighted by Gasteiger charge is -2.27. The Morgan fingerprint density at radius 1 is 1.60 bits per heavy atom. The number of aliphatic hydroxyl groups excluding tert-OH is 1. The smallest absolute Gasteiger partial charge is 0.241 e. The Morgan fingerprint density at radius 2 is 2.30 bits per heavy atom. The standard InChI is InChI=1S/C14H20ClN3O2/c1-9(18(6-7-19)11-3-4-11)14(20)17-13-5-2-10(15)8-12(13)16/h2,5,8-9,11,19H,3-4,6-7,16H2,1H3,(H,17,20). The Bertz CT molecular complexity index is 491. The van der Waals surface area contributed by atoms with Crippen LogP contribution in [0.25, 0.3) is 0 Å². The van der Waals surface area contributed by atoms with Gasteiger partial charge in [-0.15, -0.1) is 0 Å². The van der Waals surface area contributed by atoms with Gasteiger partial charge in [0.2, 0.25) is 5.91 Å². The van der Waals surface area contributed by atoms with E-state index in [1.807, 2.05) is 11.8 Å². The summed E-state index contributed by atoms with van der Waals surface area (Å²) in [6.45, 7) is 2.40. The molecular weight excluding hydrogens is 278 g/mol. The summed E-state index contributed by atoms with van der Waals surface area (Å²) >= 11 is 5.83. The third kappa shape index (κ3) is 3.62. The van der Waals surface area contributed by atoms with Gasteiger partial charge in [0.05, 0.1) is 24.0 Å². The first kappa shape index (κ1) is 15.1. The van der Waals surface area contributed by atoms with Gasteiger partial charge in [-0.3, -0.25) is 9.69 Å². The monoisotopic (exact) mass is 297 g/mol. The highest BCUT2D eigenvalue weighted by molar-refractivity contribution is 6.31. The fraction of sp³-hybridized carbons (Fsp3) is 0.500. The summed E-state index contributed by atoms with van der Waals surface area (Å²) in [5.74, 6) is -0.126. The number of nitrogen functional groups attached to an aromatic ring is 1. The molecule has 0 bridgehead atoms. The predicted molar refractivity (Wildman–Crippen MR) is 80.8 cm³/mol. The molecule has 0 heterocycles. The number of nitrogens with one attached hydrogen (secondary N) is 1. The highest BCUT2D eigenvalue weighted by Gasteiger charge is 2.34. The molecule has 1 aliphatic carbocycles. The van der Waals surface area contributed by atoms with E-state index in [1.54, 1.807) is 18.2 Å². The first-order chi connectivity index (χ1) is 9.52. The molecule has 110 valence electrons. The summed E-state index contributed by atoms with van der Waals surface area (Å²) in [5.41, 5.74) is 6.83. The van der Waals surface area contributed by atoms with E-state index >= 15 is 0 Å². The number of halogens is 1. The quantitative estimate of drug-likeness (QED) is 0.699. The summed E-state index contributed by atoms with van der Waals surface area (Å²) in [4.78, 5) is 14.3. The van der Waals surface area contributed by atoms with Crippen LogP contribution in [0.1, 0.15) is 19.8 Å². The molecule has 1 aromatic carbocycles. The lowest BCUT2D eigenvalue weighted by atomic mass is 10.2. The molecular formula is C14H20ClN3O2. The molecule has 5 nitrogen and oxygen atoms in total. The number of hydrogen-bond donors (Lipinski definition) is 3. The maximum absolute atomic E-state index is 12.3. The zero-order valence-electron chi connectivity index (χ0n) is 11.5. The number of amides is 1. The van der Waals surface area contributed by atoms with Crippen molar-refractivity contribution < 1.29 is 9.90 Å². The van der Waals surface area contributed by atoms with Crippen LogP contribution in [0.4, 0.5) is 11.4 Å². The predicted octanol–water partition coefficient (Wildman–Crippen LogP) is 1.71. The molecule has 1 aliphatic rings. The number of anilines is 2. The van der Waals surface area contributed by atoms with Crippen LogP contribution in [0.3, 0.4) is 0 Å². The van der Waals surface area contributed by atoms with Crippen LogP contribution < -0.4 is 11.1 Å². The van der Waals surface area contributed by atoms with E-state index in [0.29, 0.717) is 29.0 Å². The lowest BCUT2D eigenvalue weighted by molar-refractivity contribution is -0.121. The average Bonchev–Trinajstić information content (AvgIpc) is 3.22. The van der Waals surface area contributed by atoms with E-state index in [9.17, 15) is 4.79 Å². The van der Waals surface area contributed by atoms with E-state index in [2.05, 4.69) is 5.32 Å². The van der Waals surface area contributed by atoms with Crippen molar-refractivity contribution >= 4 is 28.9 Å². The minimum Gasteiger partial charge on any atom is -0.397 e. The molecule has 1 amide bonds. The maximum atomic E-state index is 12.3. The van der Waals surface area contributed by atoms with Crippen LogP contribution in [0.2, 0.25) is 5.02 Å².